The second-order valence-corrected chi connectivity index (χ2v) is 1.49. The molecule has 0 aliphatic carbocycles. The summed E-state index contributed by atoms with van der Waals surface area (Å²) in [6.07, 6.45) is 2.15. The Balaban J connectivity index is 3.63. The number of aromatic nitrogens is 3. The highest BCUT2D eigenvalue weighted by atomic mass is 16.2. The van der Waals surface area contributed by atoms with Gasteiger partial charge in [0.1, 0.15) is 0 Å². The van der Waals surface area contributed by atoms with Gasteiger partial charge < -0.3 is 0 Å². The zero-order valence-electron chi connectivity index (χ0n) is 4.71. The summed E-state index contributed by atoms with van der Waals surface area (Å²) in [5.74, 6) is 0. The Morgan fingerprint density at radius 2 is 2.33 bits per heavy atom. The molecular formula is C4H4N3O2. The van der Waals surface area contributed by atoms with Crippen molar-refractivity contribution in [1.29, 1.82) is 0 Å². The summed E-state index contributed by atoms with van der Waals surface area (Å²) in [5.41, 5.74) is -1.37. The van der Waals surface area contributed by atoms with Crippen LogP contribution in [0.5, 0.6) is 0 Å². The zero-order chi connectivity index (χ0) is 6.85. The Hall–Kier alpha value is -1.39. The van der Waals surface area contributed by atoms with Gasteiger partial charge in [0.2, 0.25) is 0 Å². The molecule has 47 valence electrons. The molecule has 1 aromatic rings. The van der Waals surface area contributed by atoms with E-state index in [1.807, 2.05) is 4.98 Å². The molecule has 0 aliphatic heterocycles. The van der Waals surface area contributed by atoms with Crippen LogP contribution in [0.15, 0.2) is 9.59 Å². The van der Waals surface area contributed by atoms with Crippen molar-refractivity contribution in [2.75, 3.05) is 0 Å². The first-order valence-electron chi connectivity index (χ1n) is 2.25. The predicted molar refractivity (Wildman–Crippen MR) is 28.9 cm³/mol. The van der Waals surface area contributed by atoms with E-state index < -0.39 is 11.1 Å². The number of hydrogen-bond acceptors (Lipinski definition) is 3. The molecule has 0 spiro atoms. The molecular weight excluding hydrogens is 122 g/mol. The first-order valence-corrected chi connectivity index (χ1v) is 2.25. The molecule has 5 nitrogen and oxygen atoms in total. The summed E-state index contributed by atoms with van der Waals surface area (Å²) in [6, 6.07) is 0. The van der Waals surface area contributed by atoms with Gasteiger partial charge in [-0.3, -0.25) is 14.6 Å². The Morgan fingerprint density at radius 1 is 1.67 bits per heavy atom. The van der Waals surface area contributed by atoms with E-state index >= 15 is 0 Å². The third-order valence-corrected chi connectivity index (χ3v) is 0.858. The van der Waals surface area contributed by atoms with Crippen LogP contribution in [0.1, 0.15) is 0 Å². The van der Waals surface area contributed by atoms with Crippen LogP contribution in [0, 0.1) is 6.33 Å². The minimum absolute atomic E-state index is 0.672. The standard InChI is InChI=1S/C4H4N3O2/c1-7-4(9)3(8)5-2-6-7/h1H3,(H,5,6,8). The number of aryl methyl sites for hydroxylation is 1. The second-order valence-electron chi connectivity index (χ2n) is 1.49. The topological polar surface area (TPSA) is 67.8 Å². The fraction of sp³-hybridized carbons (Fsp3) is 0.250. The molecule has 0 unspecified atom stereocenters. The molecule has 9 heavy (non-hydrogen) atoms. The maximum Gasteiger partial charge on any atom is 0.332 e. The monoisotopic (exact) mass is 126 g/mol. The Bertz CT molecular complexity index is 310. The maximum atomic E-state index is 10.5. The molecule has 5 heteroatoms. The van der Waals surface area contributed by atoms with Gasteiger partial charge >= 0.3 is 11.1 Å². The fourth-order valence-electron chi connectivity index (χ4n) is 0.397. The van der Waals surface area contributed by atoms with Crippen molar-refractivity contribution in [3.05, 3.63) is 27.0 Å². The van der Waals surface area contributed by atoms with E-state index in [1.165, 1.54) is 7.05 Å². The highest BCUT2D eigenvalue weighted by Gasteiger charge is 1.92. The lowest BCUT2D eigenvalue weighted by molar-refractivity contribution is 0.671. The van der Waals surface area contributed by atoms with Crippen LogP contribution in [0.3, 0.4) is 0 Å². The van der Waals surface area contributed by atoms with E-state index in [9.17, 15) is 9.59 Å². The summed E-state index contributed by atoms with van der Waals surface area (Å²) >= 11 is 0. The van der Waals surface area contributed by atoms with Crippen LogP contribution in [0.2, 0.25) is 0 Å². The quantitative estimate of drug-likeness (QED) is 0.420. The summed E-state index contributed by atoms with van der Waals surface area (Å²) in [5, 5.41) is 3.36. The SMILES string of the molecule is Cn1n[c][nH]c(=O)c1=O. The average molecular weight is 126 g/mol. The Kier molecular flexibility index (Phi) is 1.18. The highest BCUT2D eigenvalue weighted by molar-refractivity contribution is 4.69. The maximum absolute atomic E-state index is 10.5. The lowest BCUT2D eigenvalue weighted by Gasteiger charge is -1.86. The van der Waals surface area contributed by atoms with Gasteiger partial charge in [0.05, 0.1) is 0 Å². The van der Waals surface area contributed by atoms with Crippen LogP contribution in [-0.2, 0) is 7.05 Å². The van der Waals surface area contributed by atoms with Crippen molar-refractivity contribution in [2.45, 2.75) is 0 Å². The van der Waals surface area contributed by atoms with E-state index in [0.29, 0.717) is 0 Å². The Labute approximate surface area is 50.0 Å². The van der Waals surface area contributed by atoms with Crippen LogP contribution in [0.4, 0.5) is 0 Å². The first-order chi connectivity index (χ1) is 4.22. The van der Waals surface area contributed by atoms with Crippen molar-refractivity contribution < 1.29 is 0 Å². The van der Waals surface area contributed by atoms with Crippen molar-refractivity contribution in [3.8, 4) is 0 Å². The first kappa shape index (κ1) is 5.74. The van der Waals surface area contributed by atoms with Crippen molar-refractivity contribution in [1.82, 2.24) is 14.8 Å². The van der Waals surface area contributed by atoms with Crippen LogP contribution in [-0.4, -0.2) is 14.8 Å². The molecule has 0 amide bonds. The van der Waals surface area contributed by atoms with Gasteiger partial charge in [-0.15, -0.1) is 5.10 Å². The van der Waals surface area contributed by atoms with Crippen LogP contribution < -0.4 is 11.1 Å². The lowest BCUT2D eigenvalue weighted by atomic mass is 10.8. The van der Waals surface area contributed by atoms with E-state index in [1.54, 1.807) is 0 Å². The average Bonchev–Trinajstić information content (AvgIpc) is 1.83. The summed E-state index contributed by atoms with van der Waals surface area (Å²) < 4.78 is 0.916. The van der Waals surface area contributed by atoms with E-state index in [2.05, 4.69) is 11.4 Å². The molecule has 1 aromatic heterocycles. The summed E-state index contributed by atoms with van der Waals surface area (Å²) in [4.78, 5) is 22.9. The molecule has 1 rings (SSSR count). The number of nitrogens with zero attached hydrogens (tertiary/aromatic N) is 2. The minimum atomic E-state index is -0.701. The largest absolute Gasteiger partial charge is 0.332 e. The Morgan fingerprint density at radius 3 is 2.78 bits per heavy atom. The fourth-order valence-corrected chi connectivity index (χ4v) is 0.397. The smallest absolute Gasteiger partial charge is 0.298 e. The molecule has 0 aromatic carbocycles. The molecule has 0 saturated heterocycles. The lowest BCUT2D eigenvalue weighted by Crippen LogP contribution is -2.35. The molecule has 1 radical (unpaired) electrons. The summed E-state index contributed by atoms with van der Waals surface area (Å²) in [6.45, 7) is 0. The zero-order valence-corrected chi connectivity index (χ0v) is 4.71. The summed E-state index contributed by atoms with van der Waals surface area (Å²) in [7, 11) is 1.38. The molecule has 1 heterocycles. The predicted octanol–water partition coefficient (Wildman–Crippen LogP) is -1.73. The number of nitrogens with one attached hydrogen (secondary N) is 1. The molecule has 1 N–H and O–H groups in total. The van der Waals surface area contributed by atoms with E-state index in [0.717, 1.165) is 4.68 Å². The van der Waals surface area contributed by atoms with E-state index in [-0.39, 0.29) is 0 Å². The number of hydrogen-bond donors (Lipinski definition) is 1. The molecule has 0 aliphatic rings. The van der Waals surface area contributed by atoms with Crippen molar-refractivity contribution in [2.24, 2.45) is 7.05 Å². The van der Waals surface area contributed by atoms with Crippen LogP contribution >= 0.6 is 0 Å². The second kappa shape index (κ2) is 1.85. The van der Waals surface area contributed by atoms with Gasteiger partial charge in [0.15, 0.2) is 6.33 Å². The van der Waals surface area contributed by atoms with Crippen LogP contribution in [0.25, 0.3) is 0 Å². The molecule has 0 fully saturated rings. The van der Waals surface area contributed by atoms with E-state index in [4.69, 9.17) is 0 Å². The normalized spacial score (nSPS) is 9.44. The van der Waals surface area contributed by atoms with Gasteiger partial charge in [-0.05, 0) is 0 Å². The third kappa shape index (κ3) is 0.883. The van der Waals surface area contributed by atoms with Gasteiger partial charge in [0.25, 0.3) is 0 Å². The van der Waals surface area contributed by atoms with Gasteiger partial charge in [-0.2, -0.15) is 0 Å². The van der Waals surface area contributed by atoms with Crippen molar-refractivity contribution in [3.63, 3.8) is 0 Å². The van der Waals surface area contributed by atoms with Gasteiger partial charge in [-0.1, -0.05) is 0 Å². The van der Waals surface area contributed by atoms with Gasteiger partial charge in [0, 0.05) is 7.05 Å². The van der Waals surface area contributed by atoms with Crippen molar-refractivity contribution >= 4 is 0 Å². The third-order valence-electron chi connectivity index (χ3n) is 0.858. The number of aromatic amines is 1. The minimum Gasteiger partial charge on any atom is -0.298 e. The molecule has 0 atom stereocenters. The number of H-pyrrole nitrogens is 1. The number of rotatable bonds is 0. The van der Waals surface area contributed by atoms with Gasteiger partial charge in [-0.25, -0.2) is 4.68 Å². The molecule has 0 bridgehead atoms. The molecule has 0 saturated carbocycles. The highest BCUT2D eigenvalue weighted by Crippen LogP contribution is 1.50.